The van der Waals surface area contributed by atoms with Crippen molar-refractivity contribution >= 4 is 28.9 Å². The maximum Gasteiger partial charge on any atom is 0.573 e. The van der Waals surface area contributed by atoms with Gasteiger partial charge in [-0.3, -0.25) is 0 Å². The predicted molar refractivity (Wildman–Crippen MR) is 106 cm³/mol. The Labute approximate surface area is 179 Å². The van der Waals surface area contributed by atoms with Crippen LogP contribution in [0.2, 0.25) is 5.02 Å². The molecule has 1 heterocycles. The lowest BCUT2D eigenvalue weighted by molar-refractivity contribution is -0.274. The molecule has 3 aromatic rings. The summed E-state index contributed by atoms with van der Waals surface area (Å²) in [6.07, 6.45) is -3.44. The van der Waals surface area contributed by atoms with Crippen LogP contribution in [0.25, 0.3) is 0 Å². The van der Waals surface area contributed by atoms with Gasteiger partial charge >= 0.3 is 12.3 Å². The van der Waals surface area contributed by atoms with E-state index in [0.29, 0.717) is 17.1 Å². The number of alkyl halides is 3. The van der Waals surface area contributed by atoms with Gasteiger partial charge in [-0.15, -0.1) is 13.2 Å². The zero-order chi connectivity index (χ0) is 22.6. The third-order valence-corrected chi connectivity index (χ3v) is 4.12. The normalized spacial score (nSPS) is 11.0. The van der Waals surface area contributed by atoms with Crippen molar-refractivity contribution in [3.63, 3.8) is 0 Å². The third-order valence-electron chi connectivity index (χ3n) is 3.82. The summed E-state index contributed by atoms with van der Waals surface area (Å²) < 4.78 is 51.1. The number of hydrogen-bond acceptors (Lipinski definition) is 6. The predicted octanol–water partition coefficient (Wildman–Crippen LogP) is 5.88. The summed E-state index contributed by atoms with van der Waals surface area (Å²) in [6.45, 7) is 0. The second-order valence-electron chi connectivity index (χ2n) is 5.97. The van der Waals surface area contributed by atoms with E-state index < -0.39 is 18.1 Å². The van der Waals surface area contributed by atoms with Crippen LogP contribution in [0.4, 0.5) is 24.5 Å². The molecule has 2 aromatic carbocycles. The maximum atomic E-state index is 12.3. The van der Waals surface area contributed by atoms with Gasteiger partial charge in [0, 0.05) is 12.1 Å². The first kappa shape index (κ1) is 22.0. The smallest absolute Gasteiger partial charge is 0.497 e. The van der Waals surface area contributed by atoms with Gasteiger partial charge in [0.2, 0.25) is 5.88 Å². The molecule has 11 heteroatoms. The summed E-state index contributed by atoms with van der Waals surface area (Å²) in [4.78, 5) is 15.5. The third kappa shape index (κ3) is 5.92. The number of carboxylic acid groups (broad SMARTS) is 1. The number of ether oxygens (including phenoxy) is 3. The van der Waals surface area contributed by atoms with Gasteiger partial charge < -0.3 is 24.6 Å². The Morgan fingerprint density at radius 1 is 1.10 bits per heavy atom. The average molecular weight is 455 g/mol. The number of halogens is 4. The molecule has 0 fully saturated rings. The van der Waals surface area contributed by atoms with E-state index in [-0.39, 0.29) is 22.2 Å². The Kier molecular flexibility index (Phi) is 6.40. The van der Waals surface area contributed by atoms with Crippen LogP contribution in [-0.4, -0.2) is 29.5 Å². The Morgan fingerprint density at radius 3 is 2.42 bits per heavy atom. The number of hydrogen-bond donors (Lipinski definition) is 2. The number of aromatic carboxylic acids is 1. The zero-order valence-electron chi connectivity index (χ0n) is 15.7. The first-order chi connectivity index (χ1) is 14.6. The van der Waals surface area contributed by atoms with Gasteiger partial charge in [-0.1, -0.05) is 11.6 Å². The number of carboxylic acids is 1. The largest absolute Gasteiger partial charge is 0.573 e. The molecular weight excluding hydrogens is 441 g/mol. The average Bonchev–Trinajstić information content (AvgIpc) is 2.70. The number of nitrogens with zero attached hydrogens (tertiary/aromatic N) is 1. The van der Waals surface area contributed by atoms with Crippen LogP contribution in [-0.2, 0) is 0 Å². The van der Waals surface area contributed by atoms with Gasteiger partial charge in [0.25, 0.3) is 0 Å². The van der Waals surface area contributed by atoms with Crippen LogP contribution in [0.1, 0.15) is 10.4 Å². The van der Waals surface area contributed by atoms with Gasteiger partial charge in [-0.2, -0.15) is 0 Å². The SMILES string of the molecule is COc1ccc(Nc2ccc(Oc3ccc(OC(F)(F)F)cc3Cl)nc2)c(C(=O)O)c1. The van der Waals surface area contributed by atoms with Gasteiger partial charge in [0.05, 0.1) is 35.3 Å². The molecule has 0 atom stereocenters. The molecule has 31 heavy (non-hydrogen) atoms. The highest BCUT2D eigenvalue weighted by atomic mass is 35.5. The van der Waals surface area contributed by atoms with Crippen LogP contribution >= 0.6 is 11.6 Å². The highest BCUT2D eigenvalue weighted by Crippen LogP contribution is 2.34. The number of anilines is 2. The number of nitrogens with one attached hydrogen (secondary N) is 1. The van der Waals surface area contributed by atoms with Crippen LogP contribution in [0.15, 0.2) is 54.7 Å². The van der Waals surface area contributed by atoms with Crippen LogP contribution in [0, 0.1) is 0 Å². The van der Waals surface area contributed by atoms with Crippen molar-refractivity contribution in [3.05, 3.63) is 65.3 Å². The van der Waals surface area contributed by atoms with Crippen molar-refractivity contribution in [1.82, 2.24) is 4.98 Å². The number of methoxy groups -OCH3 is 1. The molecule has 0 saturated heterocycles. The lowest BCUT2D eigenvalue weighted by Crippen LogP contribution is -2.17. The zero-order valence-corrected chi connectivity index (χ0v) is 16.5. The Bertz CT molecular complexity index is 1090. The molecule has 162 valence electrons. The molecule has 0 aliphatic carbocycles. The quantitative estimate of drug-likeness (QED) is 0.461. The standard InChI is InChI=1S/C20H14ClF3N2O5/c1-29-12-3-5-16(14(8-12)19(27)28)26-11-2-7-18(25-10-11)30-17-6-4-13(9-15(17)21)31-20(22,23)24/h2-10,26H,1H3,(H,27,28). The van der Waals surface area contributed by atoms with Gasteiger partial charge in [-0.05, 0) is 36.4 Å². The first-order valence-electron chi connectivity index (χ1n) is 8.52. The van der Waals surface area contributed by atoms with E-state index in [1.165, 1.54) is 31.5 Å². The van der Waals surface area contributed by atoms with Crippen LogP contribution < -0.4 is 19.5 Å². The van der Waals surface area contributed by atoms with Gasteiger partial charge in [-0.25, -0.2) is 9.78 Å². The van der Waals surface area contributed by atoms with Crippen molar-refractivity contribution in [2.24, 2.45) is 0 Å². The molecule has 2 N–H and O–H groups in total. The Balaban J connectivity index is 1.72. The first-order valence-corrected chi connectivity index (χ1v) is 8.90. The van der Waals surface area contributed by atoms with Crippen LogP contribution in [0.3, 0.4) is 0 Å². The molecule has 0 aliphatic rings. The summed E-state index contributed by atoms with van der Waals surface area (Å²) in [6, 6.07) is 10.8. The maximum absolute atomic E-state index is 12.3. The summed E-state index contributed by atoms with van der Waals surface area (Å²) in [5.74, 6) is -1.03. The van der Waals surface area contributed by atoms with E-state index in [0.717, 1.165) is 12.1 Å². The molecule has 7 nitrogen and oxygen atoms in total. The summed E-state index contributed by atoms with van der Waals surface area (Å²) in [5.41, 5.74) is 0.805. The van der Waals surface area contributed by atoms with Gasteiger partial charge in [0.1, 0.15) is 17.2 Å². The van der Waals surface area contributed by atoms with Gasteiger partial charge in [0.15, 0.2) is 0 Å². The van der Waals surface area contributed by atoms with Crippen LogP contribution in [0.5, 0.6) is 23.1 Å². The van der Waals surface area contributed by atoms with E-state index in [4.69, 9.17) is 21.1 Å². The van der Waals surface area contributed by atoms with Crippen molar-refractivity contribution in [2.45, 2.75) is 6.36 Å². The summed E-state index contributed by atoms with van der Waals surface area (Å²) >= 11 is 5.94. The van der Waals surface area contributed by atoms with E-state index in [1.54, 1.807) is 18.2 Å². The Hall–Kier alpha value is -3.66. The molecule has 0 amide bonds. The van der Waals surface area contributed by atoms with E-state index in [2.05, 4.69) is 15.0 Å². The number of rotatable bonds is 7. The number of pyridine rings is 1. The molecule has 0 bridgehead atoms. The highest BCUT2D eigenvalue weighted by molar-refractivity contribution is 6.32. The fourth-order valence-electron chi connectivity index (χ4n) is 2.48. The number of carbonyl (C=O) groups is 1. The highest BCUT2D eigenvalue weighted by Gasteiger charge is 2.31. The number of benzene rings is 2. The molecule has 0 spiro atoms. The lowest BCUT2D eigenvalue weighted by Gasteiger charge is -2.12. The second kappa shape index (κ2) is 9.00. The molecule has 0 saturated carbocycles. The minimum atomic E-state index is -4.83. The molecular formula is C20H14ClF3N2O5. The fraction of sp³-hybridized carbons (Fsp3) is 0.100. The van der Waals surface area contributed by atoms with E-state index in [1.807, 2.05) is 0 Å². The minimum Gasteiger partial charge on any atom is -0.497 e. The summed E-state index contributed by atoms with van der Waals surface area (Å²) in [5, 5.41) is 12.2. The van der Waals surface area contributed by atoms with Crippen molar-refractivity contribution in [1.29, 1.82) is 0 Å². The van der Waals surface area contributed by atoms with E-state index in [9.17, 15) is 23.1 Å². The Morgan fingerprint density at radius 2 is 1.84 bits per heavy atom. The summed E-state index contributed by atoms with van der Waals surface area (Å²) in [7, 11) is 1.43. The minimum absolute atomic E-state index is 0.00706. The molecule has 1 aromatic heterocycles. The number of aromatic nitrogens is 1. The molecule has 0 aliphatic heterocycles. The molecule has 0 radical (unpaired) electrons. The van der Waals surface area contributed by atoms with Crippen molar-refractivity contribution in [3.8, 4) is 23.1 Å². The topological polar surface area (TPSA) is 89.9 Å². The monoisotopic (exact) mass is 454 g/mol. The second-order valence-corrected chi connectivity index (χ2v) is 6.38. The fourth-order valence-corrected chi connectivity index (χ4v) is 2.69. The lowest BCUT2D eigenvalue weighted by atomic mass is 10.1. The van der Waals surface area contributed by atoms with Crippen molar-refractivity contribution in [2.75, 3.05) is 12.4 Å². The molecule has 0 unspecified atom stereocenters. The van der Waals surface area contributed by atoms with Crippen molar-refractivity contribution < 1.29 is 37.3 Å². The van der Waals surface area contributed by atoms with E-state index >= 15 is 0 Å². The molecule has 3 rings (SSSR count).